The molecule has 3 aromatic rings. The third-order valence-corrected chi connectivity index (χ3v) is 4.49. The third kappa shape index (κ3) is 6.94. The van der Waals surface area contributed by atoms with Crippen LogP contribution in [0.5, 0.6) is 11.5 Å². The molecule has 0 fully saturated rings. The zero-order chi connectivity index (χ0) is 23.6. The van der Waals surface area contributed by atoms with E-state index < -0.39 is 17.8 Å². The van der Waals surface area contributed by atoms with Gasteiger partial charge in [-0.05, 0) is 48.0 Å². The number of carbonyl (C=O) groups is 2. The van der Waals surface area contributed by atoms with Gasteiger partial charge in [0.05, 0.1) is 29.7 Å². The van der Waals surface area contributed by atoms with E-state index in [4.69, 9.17) is 21.1 Å². The summed E-state index contributed by atoms with van der Waals surface area (Å²) in [5.74, 6) is -0.300. The molecule has 170 valence electrons. The Balaban J connectivity index is 1.50. The van der Waals surface area contributed by atoms with Crippen molar-refractivity contribution in [2.45, 2.75) is 0 Å². The second-order valence-corrected chi connectivity index (χ2v) is 6.94. The average Bonchev–Trinajstić information content (AvgIpc) is 2.80. The fourth-order valence-electron chi connectivity index (χ4n) is 2.67. The molecule has 0 radical (unpaired) electrons. The van der Waals surface area contributed by atoms with Crippen molar-refractivity contribution in [2.75, 3.05) is 24.4 Å². The zero-order valence-electron chi connectivity index (χ0n) is 17.5. The van der Waals surface area contributed by atoms with Gasteiger partial charge in [0.1, 0.15) is 17.3 Å². The maximum Gasteiger partial charge on any atom is 0.339 e. The SMILES string of the molecule is COc1ccccc1NC(=O)NN=Cc1ccc(OCC(=O)Nc2ccccc2F)c(Cl)c1. The maximum atomic E-state index is 13.6. The molecule has 0 saturated heterocycles. The number of carbonyl (C=O) groups excluding carboxylic acids is 2. The van der Waals surface area contributed by atoms with E-state index in [1.165, 1.54) is 31.5 Å². The van der Waals surface area contributed by atoms with Crippen molar-refractivity contribution in [3.8, 4) is 11.5 Å². The number of amides is 3. The number of nitrogens with zero attached hydrogens (tertiary/aromatic N) is 1. The smallest absolute Gasteiger partial charge is 0.339 e. The molecule has 0 aliphatic heterocycles. The van der Waals surface area contributed by atoms with E-state index >= 15 is 0 Å². The van der Waals surface area contributed by atoms with Crippen molar-refractivity contribution < 1.29 is 23.5 Å². The van der Waals surface area contributed by atoms with E-state index in [1.54, 1.807) is 48.5 Å². The van der Waals surface area contributed by atoms with Gasteiger partial charge >= 0.3 is 6.03 Å². The molecule has 0 unspecified atom stereocenters. The van der Waals surface area contributed by atoms with E-state index in [-0.39, 0.29) is 23.1 Å². The van der Waals surface area contributed by atoms with Crippen LogP contribution >= 0.6 is 11.6 Å². The number of ether oxygens (including phenoxy) is 2. The molecule has 33 heavy (non-hydrogen) atoms. The lowest BCUT2D eigenvalue weighted by atomic mass is 10.2. The molecule has 0 atom stereocenters. The van der Waals surface area contributed by atoms with Crippen LogP contribution in [0.1, 0.15) is 5.56 Å². The molecule has 3 aromatic carbocycles. The van der Waals surface area contributed by atoms with Crippen LogP contribution in [0.3, 0.4) is 0 Å². The molecule has 8 nitrogen and oxygen atoms in total. The predicted molar refractivity (Wildman–Crippen MR) is 125 cm³/mol. The number of methoxy groups -OCH3 is 1. The molecule has 0 heterocycles. The topological polar surface area (TPSA) is 101 Å². The summed E-state index contributed by atoms with van der Waals surface area (Å²) in [6.45, 7) is -0.355. The lowest BCUT2D eigenvalue weighted by molar-refractivity contribution is -0.118. The van der Waals surface area contributed by atoms with Gasteiger partial charge in [0.25, 0.3) is 5.91 Å². The molecule has 0 spiro atoms. The molecule has 3 N–H and O–H groups in total. The first-order valence-corrected chi connectivity index (χ1v) is 10.0. The number of nitrogens with one attached hydrogen (secondary N) is 3. The highest BCUT2D eigenvalue weighted by Crippen LogP contribution is 2.25. The first-order valence-electron chi connectivity index (χ1n) is 9.66. The predicted octanol–water partition coefficient (Wildman–Crippen LogP) is 4.66. The number of halogens is 2. The first kappa shape index (κ1) is 23.6. The van der Waals surface area contributed by atoms with Gasteiger partial charge in [-0.3, -0.25) is 4.79 Å². The molecule has 0 aliphatic rings. The molecule has 10 heteroatoms. The van der Waals surface area contributed by atoms with Crippen molar-refractivity contribution >= 4 is 41.1 Å². The minimum absolute atomic E-state index is 0.0611. The Morgan fingerprint density at radius 1 is 1.00 bits per heavy atom. The summed E-state index contributed by atoms with van der Waals surface area (Å²) in [5.41, 5.74) is 3.48. The van der Waals surface area contributed by atoms with Gasteiger partial charge in [-0.2, -0.15) is 5.10 Å². The molecule has 0 aliphatic carbocycles. The van der Waals surface area contributed by atoms with Crippen LogP contribution in [0, 0.1) is 5.82 Å². The van der Waals surface area contributed by atoms with Gasteiger partial charge in [-0.1, -0.05) is 35.9 Å². The van der Waals surface area contributed by atoms with Crippen LogP contribution in [0.25, 0.3) is 0 Å². The third-order valence-electron chi connectivity index (χ3n) is 4.20. The number of hydrazone groups is 1. The number of para-hydroxylation sites is 3. The van der Waals surface area contributed by atoms with Gasteiger partial charge in [-0.15, -0.1) is 0 Å². The molecule has 3 rings (SSSR count). The fourth-order valence-corrected chi connectivity index (χ4v) is 2.91. The van der Waals surface area contributed by atoms with Crippen molar-refractivity contribution in [3.05, 3.63) is 83.1 Å². The summed E-state index contributed by atoms with van der Waals surface area (Å²) in [5, 5.41) is 9.14. The number of hydrogen-bond acceptors (Lipinski definition) is 5. The molecule has 0 bridgehead atoms. The van der Waals surface area contributed by atoms with Gasteiger partial charge in [0.2, 0.25) is 0 Å². The van der Waals surface area contributed by atoms with E-state index in [1.807, 2.05) is 0 Å². The number of anilines is 2. The van der Waals surface area contributed by atoms with Crippen LogP contribution in [0.4, 0.5) is 20.6 Å². The van der Waals surface area contributed by atoms with Crippen LogP contribution < -0.4 is 25.5 Å². The number of hydrogen-bond donors (Lipinski definition) is 3. The Hall–Kier alpha value is -4.11. The second kappa shape index (κ2) is 11.5. The van der Waals surface area contributed by atoms with E-state index in [0.717, 1.165) is 0 Å². The Kier molecular flexibility index (Phi) is 8.20. The molecular formula is C23H20ClFN4O4. The number of rotatable bonds is 8. The average molecular weight is 471 g/mol. The molecule has 0 aromatic heterocycles. The van der Waals surface area contributed by atoms with Gasteiger partial charge in [0.15, 0.2) is 6.61 Å². The zero-order valence-corrected chi connectivity index (χ0v) is 18.2. The van der Waals surface area contributed by atoms with Gasteiger partial charge in [0, 0.05) is 0 Å². The van der Waals surface area contributed by atoms with E-state index in [0.29, 0.717) is 17.0 Å². The minimum Gasteiger partial charge on any atom is -0.495 e. The largest absolute Gasteiger partial charge is 0.495 e. The highest BCUT2D eigenvalue weighted by molar-refractivity contribution is 6.32. The van der Waals surface area contributed by atoms with E-state index in [2.05, 4.69) is 21.2 Å². The Morgan fingerprint density at radius 3 is 2.45 bits per heavy atom. The summed E-state index contributed by atoms with van der Waals surface area (Å²) in [7, 11) is 1.50. The van der Waals surface area contributed by atoms with Crippen LogP contribution in [-0.4, -0.2) is 31.9 Å². The highest BCUT2D eigenvalue weighted by atomic mass is 35.5. The second-order valence-electron chi connectivity index (χ2n) is 6.53. The molecular weight excluding hydrogens is 451 g/mol. The number of urea groups is 1. The van der Waals surface area contributed by atoms with Crippen molar-refractivity contribution in [3.63, 3.8) is 0 Å². The Morgan fingerprint density at radius 2 is 1.73 bits per heavy atom. The van der Waals surface area contributed by atoms with Crippen LogP contribution in [0.15, 0.2) is 71.8 Å². The van der Waals surface area contributed by atoms with Gasteiger partial charge < -0.3 is 20.1 Å². The summed E-state index contributed by atoms with van der Waals surface area (Å²) in [6, 6.07) is 17.0. The van der Waals surface area contributed by atoms with Crippen LogP contribution in [-0.2, 0) is 4.79 Å². The van der Waals surface area contributed by atoms with E-state index in [9.17, 15) is 14.0 Å². The summed E-state index contributed by atoms with van der Waals surface area (Å²) in [6.07, 6.45) is 1.39. The first-order chi connectivity index (χ1) is 16.0. The quantitative estimate of drug-likeness (QED) is 0.329. The van der Waals surface area contributed by atoms with Crippen molar-refractivity contribution in [1.29, 1.82) is 0 Å². The highest BCUT2D eigenvalue weighted by Gasteiger charge is 2.09. The van der Waals surface area contributed by atoms with Crippen molar-refractivity contribution in [1.82, 2.24) is 5.43 Å². The molecule has 0 saturated carbocycles. The van der Waals surface area contributed by atoms with Crippen molar-refractivity contribution in [2.24, 2.45) is 5.10 Å². The Bertz CT molecular complexity index is 1170. The standard InChI is InChI=1S/C23H20ClFN4O4/c1-32-21-9-5-4-8-19(21)28-23(31)29-26-13-15-10-11-20(16(24)12-15)33-14-22(30)27-18-7-3-2-6-17(18)25/h2-13H,14H2,1H3,(H,27,30)(H2,28,29,31). The molecule has 3 amide bonds. The number of benzene rings is 3. The monoisotopic (exact) mass is 470 g/mol. The normalized spacial score (nSPS) is 10.5. The summed E-state index contributed by atoms with van der Waals surface area (Å²) >= 11 is 6.19. The fraction of sp³-hybridized carbons (Fsp3) is 0.0870. The van der Waals surface area contributed by atoms with Gasteiger partial charge in [-0.25, -0.2) is 14.6 Å². The summed E-state index contributed by atoms with van der Waals surface area (Å²) < 4.78 is 24.2. The van der Waals surface area contributed by atoms with Crippen LogP contribution in [0.2, 0.25) is 5.02 Å². The maximum absolute atomic E-state index is 13.6. The lowest BCUT2D eigenvalue weighted by Crippen LogP contribution is -2.24. The minimum atomic E-state index is -0.553. The lowest BCUT2D eigenvalue weighted by Gasteiger charge is -2.10. The summed E-state index contributed by atoms with van der Waals surface area (Å²) in [4.78, 5) is 24.0. The Labute approximate surface area is 194 Å².